The number of aromatic nitrogens is 4. The molecule has 7 nitrogen and oxygen atoms in total. The maximum atomic E-state index is 5.78. The van der Waals surface area contributed by atoms with Crippen LogP contribution in [0.4, 0.5) is 0 Å². The Labute approximate surface area is 118 Å². The number of nitrogens with two attached hydrogens (primary N) is 1. The van der Waals surface area contributed by atoms with Crippen LogP contribution in [0.3, 0.4) is 0 Å². The summed E-state index contributed by atoms with van der Waals surface area (Å²) in [5.74, 6) is 6.49. The quantitative estimate of drug-likeness (QED) is 0.631. The van der Waals surface area contributed by atoms with Crippen molar-refractivity contribution in [3.05, 3.63) is 29.3 Å². The summed E-state index contributed by atoms with van der Waals surface area (Å²) in [4.78, 5) is 0. The molecule has 2 rings (SSSR count). The minimum atomic E-state index is -0.235. The molecule has 0 aliphatic heterocycles. The van der Waals surface area contributed by atoms with Gasteiger partial charge in [-0.25, -0.2) is 5.43 Å². The second kappa shape index (κ2) is 5.64. The molecule has 2 heterocycles. The maximum Gasteiger partial charge on any atom is 0.162 e. The molecule has 2 aromatic rings. The normalized spacial score (nSPS) is 12.9. The molecule has 0 saturated heterocycles. The number of ether oxygens (including phenoxy) is 1. The van der Waals surface area contributed by atoms with E-state index < -0.39 is 0 Å². The van der Waals surface area contributed by atoms with Crippen molar-refractivity contribution in [2.45, 2.75) is 32.9 Å². The van der Waals surface area contributed by atoms with Crippen molar-refractivity contribution in [3.63, 3.8) is 0 Å². The number of nitrogens with one attached hydrogen (secondary N) is 1. The van der Waals surface area contributed by atoms with Gasteiger partial charge in [-0.2, -0.15) is 10.2 Å². The van der Waals surface area contributed by atoms with Crippen molar-refractivity contribution < 1.29 is 4.74 Å². The monoisotopic (exact) mass is 278 g/mol. The number of hydrazine groups is 1. The van der Waals surface area contributed by atoms with Crippen LogP contribution in [-0.2, 0) is 7.05 Å². The fourth-order valence-corrected chi connectivity index (χ4v) is 2.40. The zero-order valence-electron chi connectivity index (χ0n) is 12.6. The lowest BCUT2D eigenvalue weighted by Crippen LogP contribution is -2.32. The third-order valence-corrected chi connectivity index (χ3v) is 3.28. The number of hydrogen-bond acceptors (Lipinski definition) is 5. The SMILES string of the molecule is COc1cnn(C(C)C)c1C(NN)c1cc(C)nn1C. The fourth-order valence-electron chi connectivity index (χ4n) is 2.40. The van der Waals surface area contributed by atoms with Gasteiger partial charge in [0, 0.05) is 13.1 Å². The Morgan fingerprint density at radius 2 is 2.10 bits per heavy atom. The second-order valence-electron chi connectivity index (χ2n) is 5.07. The first-order valence-corrected chi connectivity index (χ1v) is 6.57. The minimum absolute atomic E-state index is 0.207. The molecular weight excluding hydrogens is 256 g/mol. The van der Waals surface area contributed by atoms with Crippen LogP contribution in [0.15, 0.2) is 12.3 Å². The third kappa shape index (κ3) is 2.41. The van der Waals surface area contributed by atoms with Crippen LogP contribution in [0.2, 0.25) is 0 Å². The van der Waals surface area contributed by atoms with E-state index in [0.29, 0.717) is 5.75 Å². The van der Waals surface area contributed by atoms with Gasteiger partial charge in [-0.3, -0.25) is 15.2 Å². The van der Waals surface area contributed by atoms with Crippen LogP contribution < -0.4 is 16.0 Å². The number of rotatable bonds is 5. The van der Waals surface area contributed by atoms with Gasteiger partial charge in [0.1, 0.15) is 11.7 Å². The summed E-state index contributed by atoms with van der Waals surface area (Å²) in [5.41, 5.74) is 5.65. The zero-order valence-corrected chi connectivity index (χ0v) is 12.6. The van der Waals surface area contributed by atoms with E-state index in [-0.39, 0.29) is 12.1 Å². The van der Waals surface area contributed by atoms with Gasteiger partial charge in [-0.15, -0.1) is 0 Å². The average Bonchev–Trinajstić information content (AvgIpc) is 2.95. The highest BCUT2D eigenvalue weighted by Gasteiger charge is 2.26. The van der Waals surface area contributed by atoms with Crippen molar-refractivity contribution in [3.8, 4) is 5.75 Å². The Morgan fingerprint density at radius 3 is 2.55 bits per heavy atom. The molecule has 0 spiro atoms. The molecule has 0 saturated carbocycles. The van der Waals surface area contributed by atoms with E-state index in [1.165, 1.54) is 0 Å². The van der Waals surface area contributed by atoms with Crippen LogP contribution in [0, 0.1) is 6.92 Å². The van der Waals surface area contributed by atoms with Crippen LogP contribution >= 0.6 is 0 Å². The van der Waals surface area contributed by atoms with Crippen LogP contribution in [0.25, 0.3) is 0 Å². The van der Waals surface area contributed by atoms with E-state index in [0.717, 1.165) is 17.1 Å². The van der Waals surface area contributed by atoms with Crippen molar-refractivity contribution in [1.29, 1.82) is 0 Å². The Bertz CT molecular complexity index is 586. The maximum absolute atomic E-state index is 5.78. The molecule has 0 bridgehead atoms. The summed E-state index contributed by atoms with van der Waals surface area (Å²) in [5, 5.41) is 8.75. The molecular formula is C13H22N6O. The molecule has 0 amide bonds. The van der Waals surface area contributed by atoms with Crippen LogP contribution in [0.5, 0.6) is 5.75 Å². The topological polar surface area (TPSA) is 82.9 Å². The van der Waals surface area contributed by atoms with Crippen LogP contribution in [0.1, 0.15) is 43.0 Å². The van der Waals surface area contributed by atoms with E-state index in [1.807, 2.05) is 29.4 Å². The van der Waals surface area contributed by atoms with Gasteiger partial charge >= 0.3 is 0 Å². The minimum Gasteiger partial charge on any atom is -0.493 e. The lowest BCUT2D eigenvalue weighted by atomic mass is 10.1. The molecule has 1 unspecified atom stereocenters. The summed E-state index contributed by atoms with van der Waals surface area (Å²) >= 11 is 0. The predicted octanol–water partition coefficient (Wildman–Crippen LogP) is 1.07. The fraction of sp³-hybridized carbons (Fsp3) is 0.538. The smallest absolute Gasteiger partial charge is 0.162 e. The molecule has 0 fully saturated rings. The lowest BCUT2D eigenvalue weighted by molar-refractivity contribution is 0.391. The summed E-state index contributed by atoms with van der Waals surface area (Å²) in [7, 11) is 3.53. The second-order valence-corrected chi connectivity index (χ2v) is 5.07. The van der Waals surface area contributed by atoms with E-state index >= 15 is 0 Å². The molecule has 7 heteroatoms. The molecule has 0 aliphatic carbocycles. The number of hydrogen-bond donors (Lipinski definition) is 2. The molecule has 110 valence electrons. The van der Waals surface area contributed by atoms with Crippen molar-refractivity contribution >= 4 is 0 Å². The summed E-state index contributed by atoms with van der Waals surface area (Å²) in [6.45, 7) is 6.09. The van der Waals surface area contributed by atoms with Crippen molar-refractivity contribution in [2.24, 2.45) is 12.9 Å². The highest BCUT2D eigenvalue weighted by Crippen LogP contribution is 2.31. The molecule has 0 radical (unpaired) electrons. The molecule has 20 heavy (non-hydrogen) atoms. The van der Waals surface area contributed by atoms with Gasteiger partial charge in [-0.05, 0) is 26.8 Å². The molecule has 1 atom stereocenters. The van der Waals surface area contributed by atoms with Gasteiger partial charge in [-0.1, -0.05) is 0 Å². The van der Waals surface area contributed by atoms with Crippen LogP contribution in [-0.4, -0.2) is 26.7 Å². The van der Waals surface area contributed by atoms with Crippen molar-refractivity contribution in [2.75, 3.05) is 7.11 Å². The Hall–Kier alpha value is -1.86. The van der Waals surface area contributed by atoms with Gasteiger partial charge in [0.25, 0.3) is 0 Å². The molecule has 2 aromatic heterocycles. The Kier molecular flexibility index (Phi) is 4.10. The van der Waals surface area contributed by atoms with E-state index in [2.05, 4.69) is 29.5 Å². The molecule has 0 aromatic carbocycles. The first-order valence-electron chi connectivity index (χ1n) is 6.57. The first-order chi connectivity index (χ1) is 9.49. The average molecular weight is 278 g/mol. The molecule has 0 aliphatic rings. The number of aryl methyl sites for hydroxylation is 2. The molecule has 3 N–H and O–H groups in total. The van der Waals surface area contributed by atoms with Gasteiger partial charge in [0.2, 0.25) is 0 Å². The van der Waals surface area contributed by atoms with E-state index in [1.54, 1.807) is 13.3 Å². The van der Waals surface area contributed by atoms with E-state index in [9.17, 15) is 0 Å². The number of nitrogens with zero attached hydrogens (tertiary/aromatic N) is 4. The van der Waals surface area contributed by atoms with E-state index in [4.69, 9.17) is 10.6 Å². The third-order valence-electron chi connectivity index (χ3n) is 3.28. The van der Waals surface area contributed by atoms with Crippen molar-refractivity contribution in [1.82, 2.24) is 25.0 Å². The predicted molar refractivity (Wildman–Crippen MR) is 76.3 cm³/mol. The lowest BCUT2D eigenvalue weighted by Gasteiger charge is -2.21. The first kappa shape index (κ1) is 14.5. The standard InChI is InChI=1S/C13H22N6O/c1-8(2)19-13(11(20-5)7-15-19)12(16-14)10-6-9(3)17-18(10)4/h6-8,12,16H,14H2,1-5H3. The number of methoxy groups -OCH3 is 1. The zero-order chi connectivity index (χ0) is 14.9. The Balaban J connectivity index is 2.56. The Morgan fingerprint density at radius 1 is 1.40 bits per heavy atom. The summed E-state index contributed by atoms with van der Waals surface area (Å²) in [6, 6.07) is 1.97. The summed E-state index contributed by atoms with van der Waals surface area (Å²) < 4.78 is 9.14. The highest BCUT2D eigenvalue weighted by molar-refractivity contribution is 5.34. The van der Waals surface area contributed by atoms with Gasteiger partial charge < -0.3 is 4.74 Å². The van der Waals surface area contributed by atoms with Gasteiger partial charge in [0.15, 0.2) is 5.75 Å². The van der Waals surface area contributed by atoms with Gasteiger partial charge in [0.05, 0.1) is 24.7 Å². The summed E-state index contributed by atoms with van der Waals surface area (Å²) in [6.07, 6.45) is 1.71. The largest absolute Gasteiger partial charge is 0.493 e. The highest BCUT2D eigenvalue weighted by atomic mass is 16.5.